The van der Waals surface area contributed by atoms with Crippen LogP contribution >= 0.6 is 0 Å². The van der Waals surface area contributed by atoms with Crippen molar-refractivity contribution in [3.63, 3.8) is 0 Å². The van der Waals surface area contributed by atoms with Crippen molar-refractivity contribution in [3.8, 4) is 0 Å². The average Bonchev–Trinajstić information content (AvgIpc) is 2.34. The normalized spacial score (nSPS) is 17.4. The molecule has 4 N–H and O–H groups in total. The van der Waals surface area contributed by atoms with E-state index < -0.39 is 5.60 Å². The van der Waals surface area contributed by atoms with Gasteiger partial charge in [-0.3, -0.25) is 14.5 Å². The third-order valence-corrected chi connectivity index (χ3v) is 2.96. The molecular weight excluding hydrogens is 248 g/mol. The van der Waals surface area contributed by atoms with E-state index in [1.807, 2.05) is 0 Å². The minimum absolute atomic E-state index is 0.00151. The molecule has 1 saturated heterocycles. The average molecular weight is 272 g/mol. The summed E-state index contributed by atoms with van der Waals surface area (Å²) >= 11 is 0. The van der Waals surface area contributed by atoms with Crippen LogP contribution in [0.5, 0.6) is 0 Å². The third kappa shape index (κ3) is 6.00. The van der Waals surface area contributed by atoms with Gasteiger partial charge in [-0.15, -0.1) is 0 Å². The van der Waals surface area contributed by atoms with Crippen molar-refractivity contribution < 1.29 is 14.7 Å². The minimum Gasteiger partial charge on any atom is -0.389 e. The maximum absolute atomic E-state index is 11.8. The van der Waals surface area contributed by atoms with E-state index in [4.69, 9.17) is 5.73 Å². The zero-order valence-electron chi connectivity index (χ0n) is 11.7. The number of aliphatic hydroxyl groups is 1. The quantitative estimate of drug-likeness (QED) is 0.536. The van der Waals surface area contributed by atoms with E-state index in [2.05, 4.69) is 10.2 Å². The molecule has 0 spiro atoms. The van der Waals surface area contributed by atoms with Gasteiger partial charge in [-0.05, 0) is 13.8 Å². The number of rotatable bonds is 5. The number of hydrogen-bond donors (Lipinski definition) is 3. The molecule has 1 rings (SSSR count). The topological polar surface area (TPSA) is 98.9 Å². The molecule has 0 aliphatic carbocycles. The van der Waals surface area contributed by atoms with Gasteiger partial charge in [0.25, 0.3) is 0 Å². The summed E-state index contributed by atoms with van der Waals surface area (Å²) in [5.74, 6) is -0.418. The van der Waals surface area contributed by atoms with Gasteiger partial charge in [-0.25, -0.2) is 0 Å². The Morgan fingerprint density at radius 3 is 2.32 bits per heavy atom. The van der Waals surface area contributed by atoms with Gasteiger partial charge >= 0.3 is 0 Å². The fraction of sp³-hybridized carbons (Fsp3) is 0.833. The lowest BCUT2D eigenvalue weighted by atomic mass is 10.1. The van der Waals surface area contributed by atoms with E-state index in [-0.39, 0.29) is 24.9 Å². The van der Waals surface area contributed by atoms with Crippen molar-refractivity contribution in [2.75, 3.05) is 45.8 Å². The van der Waals surface area contributed by atoms with Gasteiger partial charge in [-0.2, -0.15) is 0 Å². The van der Waals surface area contributed by atoms with Crippen molar-refractivity contribution in [2.24, 2.45) is 5.73 Å². The molecule has 7 nitrogen and oxygen atoms in total. The first-order valence-corrected chi connectivity index (χ1v) is 6.51. The van der Waals surface area contributed by atoms with Crippen LogP contribution in [0, 0.1) is 0 Å². The molecule has 0 unspecified atom stereocenters. The van der Waals surface area contributed by atoms with Gasteiger partial charge in [0.05, 0.1) is 18.7 Å². The van der Waals surface area contributed by atoms with Crippen LogP contribution < -0.4 is 11.1 Å². The van der Waals surface area contributed by atoms with Crippen molar-refractivity contribution in [2.45, 2.75) is 19.4 Å². The lowest BCUT2D eigenvalue weighted by Crippen LogP contribution is -2.53. The highest BCUT2D eigenvalue weighted by Crippen LogP contribution is 2.08. The highest BCUT2D eigenvalue weighted by atomic mass is 16.3. The fourth-order valence-corrected chi connectivity index (χ4v) is 2.06. The van der Waals surface area contributed by atoms with Crippen LogP contribution in [-0.4, -0.2) is 78.1 Å². The first-order chi connectivity index (χ1) is 8.81. The Morgan fingerprint density at radius 2 is 1.84 bits per heavy atom. The van der Waals surface area contributed by atoms with Crippen LogP contribution in [0.3, 0.4) is 0 Å². The Kier molecular flexibility index (Phi) is 5.71. The highest BCUT2D eigenvalue weighted by molar-refractivity contribution is 5.85. The predicted octanol–water partition coefficient (Wildman–Crippen LogP) is -2.02. The molecule has 0 aromatic heterocycles. The number of nitrogens with zero attached hydrogens (tertiary/aromatic N) is 2. The summed E-state index contributed by atoms with van der Waals surface area (Å²) in [4.78, 5) is 26.6. The lowest BCUT2D eigenvalue weighted by Gasteiger charge is -2.37. The summed E-state index contributed by atoms with van der Waals surface area (Å²) in [5.41, 5.74) is 4.43. The van der Waals surface area contributed by atoms with Gasteiger partial charge in [0.1, 0.15) is 0 Å². The number of amides is 2. The van der Waals surface area contributed by atoms with E-state index in [0.717, 1.165) is 13.1 Å². The molecule has 1 heterocycles. The largest absolute Gasteiger partial charge is 0.389 e. The Balaban J connectivity index is 2.29. The molecule has 7 heteroatoms. The molecule has 1 aliphatic heterocycles. The van der Waals surface area contributed by atoms with Crippen LogP contribution in [0.25, 0.3) is 0 Å². The molecular formula is C12H24N4O3. The summed E-state index contributed by atoms with van der Waals surface area (Å²) in [6, 6.07) is 0. The summed E-state index contributed by atoms with van der Waals surface area (Å²) in [6.45, 7) is 6.74. The first-order valence-electron chi connectivity index (χ1n) is 6.51. The van der Waals surface area contributed by atoms with Gasteiger partial charge < -0.3 is 21.1 Å². The number of nitrogens with one attached hydrogen (secondary N) is 1. The molecule has 0 aromatic carbocycles. The summed E-state index contributed by atoms with van der Waals surface area (Å²) in [5, 5.41) is 12.2. The van der Waals surface area contributed by atoms with E-state index >= 15 is 0 Å². The number of β-amino-alcohol motifs (C(OH)–C–C–N with tert-alkyl or cyclic N) is 1. The molecule has 0 saturated carbocycles. The molecule has 0 bridgehead atoms. The van der Waals surface area contributed by atoms with Crippen LogP contribution in [0.1, 0.15) is 13.8 Å². The molecule has 1 aliphatic rings. The van der Waals surface area contributed by atoms with E-state index in [9.17, 15) is 14.7 Å². The summed E-state index contributed by atoms with van der Waals surface area (Å²) in [7, 11) is 0. The van der Waals surface area contributed by atoms with Crippen molar-refractivity contribution >= 4 is 11.8 Å². The monoisotopic (exact) mass is 272 g/mol. The van der Waals surface area contributed by atoms with E-state index in [1.165, 1.54) is 0 Å². The highest BCUT2D eigenvalue weighted by Gasteiger charge is 2.24. The standard InChI is InChI=1S/C12H24N4O3/c1-12(2,19)9-15-3-5-16(6-4-15)11(18)8-14-10(17)7-13/h19H,3-9,13H2,1-2H3,(H,14,17). The van der Waals surface area contributed by atoms with Crippen LogP contribution in [0.2, 0.25) is 0 Å². The van der Waals surface area contributed by atoms with Crippen LogP contribution in [0.4, 0.5) is 0 Å². The second-order valence-electron chi connectivity index (χ2n) is 5.45. The third-order valence-electron chi connectivity index (χ3n) is 2.96. The molecule has 0 atom stereocenters. The Morgan fingerprint density at radius 1 is 1.26 bits per heavy atom. The maximum atomic E-state index is 11.8. The number of piperazine rings is 1. The first kappa shape index (κ1) is 15.9. The second-order valence-corrected chi connectivity index (χ2v) is 5.45. The molecule has 19 heavy (non-hydrogen) atoms. The van der Waals surface area contributed by atoms with Crippen LogP contribution in [-0.2, 0) is 9.59 Å². The van der Waals surface area contributed by atoms with E-state index in [1.54, 1.807) is 18.7 Å². The van der Waals surface area contributed by atoms with Crippen molar-refractivity contribution in [1.29, 1.82) is 0 Å². The maximum Gasteiger partial charge on any atom is 0.242 e. The molecule has 1 fully saturated rings. The summed E-state index contributed by atoms with van der Waals surface area (Å²) in [6.07, 6.45) is 0. The lowest BCUT2D eigenvalue weighted by molar-refractivity contribution is -0.134. The molecule has 0 aromatic rings. The number of hydrogen-bond acceptors (Lipinski definition) is 5. The zero-order chi connectivity index (χ0) is 14.5. The molecule has 0 radical (unpaired) electrons. The Hall–Kier alpha value is -1.18. The Labute approximate surface area is 113 Å². The molecule has 110 valence electrons. The number of nitrogens with two attached hydrogens (primary N) is 1. The van der Waals surface area contributed by atoms with Crippen molar-refractivity contribution in [1.82, 2.24) is 15.1 Å². The number of carbonyl (C=O) groups excluding carboxylic acids is 2. The van der Waals surface area contributed by atoms with Crippen molar-refractivity contribution in [3.05, 3.63) is 0 Å². The minimum atomic E-state index is -0.721. The zero-order valence-corrected chi connectivity index (χ0v) is 11.7. The summed E-state index contributed by atoms with van der Waals surface area (Å²) < 4.78 is 0. The molecule has 2 amide bonds. The van der Waals surface area contributed by atoms with Gasteiger partial charge in [0, 0.05) is 32.7 Å². The van der Waals surface area contributed by atoms with Gasteiger partial charge in [0.2, 0.25) is 11.8 Å². The fourth-order valence-electron chi connectivity index (χ4n) is 2.06. The van der Waals surface area contributed by atoms with Crippen LogP contribution in [0.15, 0.2) is 0 Å². The SMILES string of the molecule is CC(C)(O)CN1CCN(C(=O)CNC(=O)CN)CC1. The Bertz CT molecular complexity index is 319. The smallest absolute Gasteiger partial charge is 0.242 e. The van der Waals surface area contributed by atoms with E-state index in [0.29, 0.717) is 19.6 Å². The van der Waals surface area contributed by atoms with Gasteiger partial charge in [0.15, 0.2) is 0 Å². The van der Waals surface area contributed by atoms with Gasteiger partial charge in [-0.1, -0.05) is 0 Å². The number of carbonyl (C=O) groups is 2. The second kappa shape index (κ2) is 6.83. The predicted molar refractivity (Wildman–Crippen MR) is 71.4 cm³/mol.